The zero-order valence-corrected chi connectivity index (χ0v) is 15.9. The number of benzene rings is 3. The predicted molar refractivity (Wildman–Crippen MR) is 113 cm³/mol. The molecule has 0 aliphatic carbocycles. The summed E-state index contributed by atoms with van der Waals surface area (Å²) in [6.45, 7) is 1.97. The Bertz CT molecular complexity index is 1150. The molecule has 1 heterocycles. The van der Waals surface area contributed by atoms with Crippen LogP contribution in [0.3, 0.4) is 0 Å². The molecule has 6 heteroatoms. The molecule has 0 aliphatic heterocycles. The summed E-state index contributed by atoms with van der Waals surface area (Å²) in [6.07, 6.45) is 0. The van der Waals surface area contributed by atoms with Crippen molar-refractivity contribution in [2.75, 3.05) is 10.6 Å². The van der Waals surface area contributed by atoms with E-state index >= 15 is 0 Å². The van der Waals surface area contributed by atoms with Gasteiger partial charge in [-0.1, -0.05) is 47.2 Å². The molecule has 4 rings (SSSR count). The minimum atomic E-state index is -0.207. The Labute approximate surface area is 166 Å². The molecule has 0 aliphatic rings. The van der Waals surface area contributed by atoms with Gasteiger partial charge >= 0.3 is 0 Å². The average molecular weight is 387 g/mol. The summed E-state index contributed by atoms with van der Waals surface area (Å²) >= 11 is 1.34. The van der Waals surface area contributed by atoms with Gasteiger partial charge in [-0.3, -0.25) is 14.9 Å². The van der Waals surface area contributed by atoms with Crippen LogP contribution in [-0.4, -0.2) is 16.8 Å². The van der Waals surface area contributed by atoms with E-state index in [0.717, 1.165) is 21.5 Å². The fourth-order valence-electron chi connectivity index (χ4n) is 2.72. The van der Waals surface area contributed by atoms with Gasteiger partial charge in [0.25, 0.3) is 11.8 Å². The van der Waals surface area contributed by atoms with Gasteiger partial charge in [-0.15, -0.1) is 0 Å². The number of carbonyl (C=O) groups excluding carboxylic acids is 2. The molecule has 0 unspecified atom stereocenters. The number of rotatable bonds is 4. The Morgan fingerprint density at radius 1 is 0.821 bits per heavy atom. The van der Waals surface area contributed by atoms with E-state index in [-0.39, 0.29) is 11.8 Å². The first-order chi connectivity index (χ1) is 13.6. The molecule has 2 amide bonds. The second kappa shape index (κ2) is 7.62. The number of carbonyl (C=O) groups is 2. The van der Waals surface area contributed by atoms with E-state index in [1.54, 1.807) is 30.3 Å². The molecule has 0 saturated carbocycles. The lowest BCUT2D eigenvalue weighted by Gasteiger charge is -2.04. The van der Waals surface area contributed by atoms with Crippen LogP contribution < -0.4 is 10.6 Å². The van der Waals surface area contributed by atoms with Gasteiger partial charge in [-0.25, -0.2) is 4.98 Å². The maximum absolute atomic E-state index is 12.5. The van der Waals surface area contributed by atoms with Crippen LogP contribution in [0.4, 0.5) is 10.8 Å². The molecule has 0 atom stereocenters. The SMILES string of the molecule is Cc1ccc(C(=O)Nc2nc3ccc(C(=O)Nc4ccccc4)cc3s2)cc1. The van der Waals surface area contributed by atoms with Gasteiger partial charge in [-0.05, 0) is 49.4 Å². The summed E-state index contributed by atoms with van der Waals surface area (Å²) < 4.78 is 0.833. The number of aryl methyl sites for hydroxylation is 1. The summed E-state index contributed by atoms with van der Waals surface area (Å²) in [6, 6.07) is 21.9. The number of para-hydroxylation sites is 1. The molecule has 0 spiro atoms. The van der Waals surface area contributed by atoms with Crippen molar-refractivity contribution in [1.82, 2.24) is 4.98 Å². The molecule has 5 nitrogen and oxygen atoms in total. The van der Waals surface area contributed by atoms with Crippen molar-refractivity contribution in [3.8, 4) is 0 Å². The lowest BCUT2D eigenvalue weighted by atomic mass is 10.1. The molecular weight excluding hydrogens is 370 g/mol. The van der Waals surface area contributed by atoms with Crippen LogP contribution >= 0.6 is 11.3 Å². The van der Waals surface area contributed by atoms with E-state index in [9.17, 15) is 9.59 Å². The number of nitrogens with one attached hydrogen (secondary N) is 2. The Morgan fingerprint density at radius 2 is 1.50 bits per heavy atom. The molecule has 0 bridgehead atoms. The fourth-order valence-corrected chi connectivity index (χ4v) is 3.62. The monoisotopic (exact) mass is 387 g/mol. The maximum Gasteiger partial charge on any atom is 0.257 e. The van der Waals surface area contributed by atoms with Crippen molar-refractivity contribution < 1.29 is 9.59 Å². The van der Waals surface area contributed by atoms with E-state index in [1.807, 2.05) is 49.4 Å². The van der Waals surface area contributed by atoms with Gasteiger partial charge in [0.2, 0.25) is 0 Å². The number of fused-ring (bicyclic) bond motifs is 1. The second-order valence-corrected chi connectivity index (χ2v) is 7.37. The minimum Gasteiger partial charge on any atom is -0.322 e. The molecule has 4 aromatic rings. The van der Waals surface area contributed by atoms with E-state index in [1.165, 1.54) is 11.3 Å². The lowest BCUT2D eigenvalue weighted by Crippen LogP contribution is -2.11. The molecule has 2 N–H and O–H groups in total. The highest BCUT2D eigenvalue weighted by Gasteiger charge is 2.12. The Kier molecular flexibility index (Phi) is 4.87. The highest BCUT2D eigenvalue weighted by atomic mass is 32.1. The van der Waals surface area contributed by atoms with Crippen molar-refractivity contribution in [2.45, 2.75) is 6.92 Å². The second-order valence-electron chi connectivity index (χ2n) is 6.34. The summed E-state index contributed by atoms with van der Waals surface area (Å²) in [5.41, 5.74) is 3.69. The number of nitrogens with zero attached hydrogens (tertiary/aromatic N) is 1. The van der Waals surface area contributed by atoms with Crippen molar-refractivity contribution in [3.63, 3.8) is 0 Å². The van der Waals surface area contributed by atoms with Crippen molar-refractivity contribution in [3.05, 3.63) is 89.5 Å². The molecule has 138 valence electrons. The largest absolute Gasteiger partial charge is 0.322 e. The van der Waals surface area contributed by atoms with E-state index in [2.05, 4.69) is 15.6 Å². The third-order valence-corrected chi connectivity index (χ3v) is 5.15. The van der Waals surface area contributed by atoms with Crippen molar-refractivity contribution in [2.24, 2.45) is 0 Å². The zero-order chi connectivity index (χ0) is 19.5. The van der Waals surface area contributed by atoms with Crippen LogP contribution in [0.5, 0.6) is 0 Å². The minimum absolute atomic E-state index is 0.188. The third kappa shape index (κ3) is 3.92. The van der Waals surface area contributed by atoms with Crippen LogP contribution in [0.1, 0.15) is 26.3 Å². The number of hydrogen-bond donors (Lipinski definition) is 2. The highest BCUT2D eigenvalue weighted by molar-refractivity contribution is 7.22. The first-order valence-electron chi connectivity index (χ1n) is 8.73. The summed E-state index contributed by atoms with van der Waals surface area (Å²) in [7, 11) is 0. The van der Waals surface area contributed by atoms with Crippen LogP contribution in [0, 0.1) is 6.92 Å². The number of amides is 2. The topological polar surface area (TPSA) is 71.1 Å². The van der Waals surface area contributed by atoms with Gasteiger partial charge in [0.15, 0.2) is 5.13 Å². The molecule has 3 aromatic carbocycles. The maximum atomic E-state index is 12.5. The molecular formula is C22H17N3O2S. The van der Waals surface area contributed by atoms with Crippen LogP contribution in [0.2, 0.25) is 0 Å². The fraction of sp³-hybridized carbons (Fsp3) is 0.0455. The Hall–Kier alpha value is -3.51. The van der Waals surface area contributed by atoms with Gasteiger partial charge in [0.1, 0.15) is 0 Å². The number of thiazole rings is 1. The Balaban J connectivity index is 1.52. The van der Waals surface area contributed by atoms with Gasteiger partial charge in [0, 0.05) is 16.8 Å². The zero-order valence-electron chi connectivity index (χ0n) is 15.1. The number of hydrogen-bond acceptors (Lipinski definition) is 4. The molecule has 0 saturated heterocycles. The summed E-state index contributed by atoms with van der Waals surface area (Å²) in [5, 5.41) is 6.19. The first-order valence-corrected chi connectivity index (χ1v) is 9.55. The predicted octanol–water partition coefficient (Wildman–Crippen LogP) is 5.11. The molecule has 1 aromatic heterocycles. The standard InChI is InChI=1S/C22H17N3O2S/c1-14-7-9-15(10-8-14)20(26)25-22-24-18-12-11-16(13-19(18)28-22)21(27)23-17-5-3-2-4-6-17/h2-13H,1H3,(H,23,27)(H,24,25,26). The van der Waals surface area contributed by atoms with Crippen LogP contribution in [-0.2, 0) is 0 Å². The smallest absolute Gasteiger partial charge is 0.257 e. The van der Waals surface area contributed by atoms with Crippen LogP contribution in [0.25, 0.3) is 10.2 Å². The highest BCUT2D eigenvalue weighted by Crippen LogP contribution is 2.27. The van der Waals surface area contributed by atoms with Gasteiger partial charge in [0.05, 0.1) is 10.2 Å². The Morgan fingerprint density at radius 3 is 2.25 bits per heavy atom. The quantitative estimate of drug-likeness (QED) is 0.511. The molecule has 0 fully saturated rings. The first kappa shape index (κ1) is 17.9. The number of anilines is 2. The molecule has 0 radical (unpaired) electrons. The van der Waals surface area contributed by atoms with Crippen molar-refractivity contribution in [1.29, 1.82) is 0 Å². The number of aromatic nitrogens is 1. The van der Waals surface area contributed by atoms with Gasteiger partial charge in [-0.2, -0.15) is 0 Å². The van der Waals surface area contributed by atoms with Crippen molar-refractivity contribution >= 4 is 44.2 Å². The van der Waals surface area contributed by atoms with E-state index < -0.39 is 0 Å². The average Bonchev–Trinajstić information content (AvgIpc) is 3.10. The van der Waals surface area contributed by atoms with Gasteiger partial charge < -0.3 is 5.32 Å². The lowest BCUT2D eigenvalue weighted by molar-refractivity contribution is 0.101. The van der Waals surface area contributed by atoms with E-state index in [4.69, 9.17) is 0 Å². The normalized spacial score (nSPS) is 10.6. The molecule has 28 heavy (non-hydrogen) atoms. The summed E-state index contributed by atoms with van der Waals surface area (Å²) in [5.74, 6) is -0.396. The third-order valence-electron chi connectivity index (χ3n) is 4.22. The van der Waals surface area contributed by atoms with E-state index in [0.29, 0.717) is 16.3 Å². The van der Waals surface area contributed by atoms with Crippen LogP contribution in [0.15, 0.2) is 72.8 Å². The summed E-state index contributed by atoms with van der Waals surface area (Å²) in [4.78, 5) is 29.3.